The van der Waals surface area contributed by atoms with Gasteiger partial charge in [-0.15, -0.1) is 0 Å². The third-order valence-corrected chi connectivity index (χ3v) is 7.88. The normalized spacial score (nSPS) is 23.6. The molecule has 0 aliphatic heterocycles. The highest BCUT2D eigenvalue weighted by Crippen LogP contribution is 2.54. The van der Waals surface area contributed by atoms with Gasteiger partial charge in [-0.05, 0) is 100.0 Å². The smallest absolute Gasteiger partial charge is 0.414 e. The van der Waals surface area contributed by atoms with E-state index < -0.39 is 11.7 Å². The van der Waals surface area contributed by atoms with Crippen molar-refractivity contribution in [3.63, 3.8) is 0 Å². The summed E-state index contributed by atoms with van der Waals surface area (Å²) in [5.74, 6) is 1.52. The summed E-state index contributed by atoms with van der Waals surface area (Å²) in [7, 11) is 0. The van der Waals surface area contributed by atoms with Gasteiger partial charge in [0.2, 0.25) is 11.9 Å². The molecule has 9 heteroatoms. The number of carbonyl (C=O) groups is 2. The van der Waals surface area contributed by atoms with Crippen molar-refractivity contribution in [2.24, 2.45) is 23.7 Å². The van der Waals surface area contributed by atoms with E-state index in [2.05, 4.69) is 25.6 Å². The Bertz CT molecular complexity index is 1330. The summed E-state index contributed by atoms with van der Waals surface area (Å²) in [5, 5.41) is 6.30. The van der Waals surface area contributed by atoms with Crippen molar-refractivity contribution in [3.8, 4) is 0 Å². The summed E-state index contributed by atoms with van der Waals surface area (Å²) >= 11 is 0. The maximum atomic E-state index is 13.9. The van der Waals surface area contributed by atoms with Gasteiger partial charge in [-0.1, -0.05) is 6.92 Å². The Morgan fingerprint density at radius 2 is 1.68 bits per heavy atom. The minimum absolute atomic E-state index is 0.0569. The third-order valence-electron chi connectivity index (χ3n) is 7.88. The van der Waals surface area contributed by atoms with Crippen molar-refractivity contribution >= 4 is 34.5 Å². The monoisotopic (exact) mass is 519 g/mol. The number of halogens is 1. The Morgan fingerprint density at radius 3 is 2.34 bits per heavy atom. The van der Waals surface area contributed by atoms with Gasteiger partial charge in [-0.25, -0.2) is 19.2 Å². The number of aromatic nitrogens is 3. The van der Waals surface area contributed by atoms with Crippen molar-refractivity contribution in [1.82, 2.24) is 15.0 Å². The number of nitrogens with zero attached hydrogens (tertiary/aromatic N) is 3. The van der Waals surface area contributed by atoms with Crippen LogP contribution in [0.15, 0.2) is 42.9 Å². The Balaban J connectivity index is 1.15. The lowest BCUT2D eigenvalue weighted by atomic mass is 9.86. The molecule has 2 aromatic heterocycles. The molecule has 38 heavy (non-hydrogen) atoms. The van der Waals surface area contributed by atoms with E-state index in [0.29, 0.717) is 29.4 Å². The lowest BCUT2D eigenvalue weighted by Gasteiger charge is -2.21. The third kappa shape index (κ3) is 5.76. The summed E-state index contributed by atoms with van der Waals surface area (Å²) < 4.78 is 19.1. The number of ether oxygens (including phenoxy) is 1. The molecular weight excluding hydrogens is 485 g/mol. The fraction of sp³-hybridized carbons (Fsp3) is 0.483. The number of carbonyl (C=O) groups excluding carboxylic acids is 2. The first-order valence-corrected chi connectivity index (χ1v) is 13.2. The molecule has 2 amide bonds. The molecule has 8 nitrogen and oxygen atoms in total. The van der Waals surface area contributed by atoms with Gasteiger partial charge in [-0.3, -0.25) is 15.1 Å². The number of hydrogen-bond acceptors (Lipinski definition) is 6. The Morgan fingerprint density at radius 1 is 1.00 bits per heavy atom. The standard InChI is InChI=1S/C29H34FN5O3/c1-16(26(36)34-22-14-32-27(33-15-22)35-28(37)38-29(2,3)4)17-9-18-11-20(12-19(18)10-17)23-7-8-31-25-6-5-21(30)13-24(23)25/h5-8,13-20H,9-12H2,1-4H3,(H,34,36)(H,32,33,35,37)/t16?,17?,18-,19+,20?. The van der Waals surface area contributed by atoms with E-state index in [1.165, 1.54) is 24.0 Å². The van der Waals surface area contributed by atoms with E-state index >= 15 is 0 Å². The lowest BCUT2D eigenvalue weighted by Crippen LogP contribution is -2.28. The van der Waals surface area contributed by atoms with Crippen molar-refractivity contribution < 1.29 is 18.7 Å². The van der Waals surface area contributed by atoms with Gasteiger partial charge in [0.1, 0.15) is 11.4 Å². The van der Waals surface area contributed by atoms with Crippen LogP contribution in [0.1, 0.15) is 64.9 Å². The molecule has 0 saturated heterocycles. The maximum Gasteiger partial charge on any atom is 0.414 e. The van der Waals surface area contributed by atoms with Gasteiger partial charge in [0.05, 0.1) is 23.6 Å². The molecule has 2 N–H and O–H groups in total. The minimum Gasteiger partial charge on any atom is -0.444 e. The largest absolute Gasteiger partial charge is 0.444 e. The molecule has 2 saturated carbocycles. The van der Waals surface area contributed by atoms with E-state index in [1.807, 2.05) is 19.2 Å². The lowest BCUT2D eigenvalue weighted by molar-refractivity contribution is -0.120. The molecule has 2 fully saturated rings. The Kier molecular flexibility index (Phi) is 7.03. The summed E-state index contributed by atoms with van der Waals surface area (Å²) in [5.41, 5.74) is 1.88. The van der Waals surface area contributed by atoms with Gasteiger partial charge >= 0.3 is 6.09 Å². The predicted octanol–water partition coefficient (Wildman–Crippen LogP) is 6.31. The fourth-order valence-electron chi connectivity index (χ4n) is 6.14. The second kappa shape index (κ2) is 10.3. The van der Waals surface area contributed by atoms with Crippen LogP contribution >= 0.6 is 0 Å². The predicted molar refractivity (Wildman–Crippen MR) is 143 cm³/mol. The van der Waals surface area contributed by atoms with Crippen LogP contribution in [0.5, 0.6) is 0 Å². The molecule has 0 radical (unpaired) electrons. The van der Waals surface area contributed by atoms with Crippen molar-refractivity contribution in [1.29, 1.82) is 0 Å². The quantitative estimate of drug-likeness (QED) is 0.409. The molecule has 5 atom stereocenters. The van der Waals surface area contributed by atoms with Crippen LogP contribution in [-0.2, 0) is 9.53 Å². The number of nitrogens with one attached hydrogen (secondary N) is 2. The van der Waals surface area contributed by atoms with Gasteiger partial charge in [0, 0.05) is 17.5 Å². The number of hydrogen-bond donors (Lipinski definition) is 2. The molecule has 200 valence electrons. The topological polar surface area (TPSA) is 106 Å². The van der Waals surface area contributed by atoms with Crippen LogP contribution in [0.4, 0.5) is 20.8 Å². The average Bonchev–Trinajstić information content (AvgIpc) is 3.42. The van der Waals surface area contributed by atoms with Gasteiger partial charge in [0.15, 0.2) is 0 Å². The molecule has 0 bridgehead atoms. The molecule has 3 unspecified atom stereocenters. The Hall–Kier alpha value is -3.62. The second-order valence-corrected chi connectivity index (χ2v) is 11.7. The van der Waals surface area contributed by atoms with Gasteiger partial charge in [0.25, 0.3) is 0 Å². The summed E-state index contributed by atoms with van der Waals surface area (Å²) in [6.07, 6.45) is 8.28. The van der Waals surface area contributed by atoms with E-state index in [4.69, 9.17) is 4.74 Å². The van der Waals surface area contributed by atoms with Crippen LogP contribution in [-0.4, -0.2) is 32.6 Å². The van der Waals surface area contributed by atoms with Crippen molar-refractivity contribution in [3.05, 3.63) is 54.2 Å². The SMILES string of the molecule is CC(C(=O)Nc1cnc(NC(=O)OC(C)(C)C)nc1)C1C[C@H]2CC(c3ccnc4ccc(F)cc34)C[C@H]2C1. The fourth-order valence-corrected chi connectivity index (χ4v) is 6.14. The van der Waals surface area contributed by atoms with E-state index in [-0.39, 0.29) is 23.6 Å². The summed E-state index contributed by atoms with van der Waals surface area (Å²) in [6, 6.07) is 6.85. The molecule has 2 heterocycles. The minimum atomic E-state index is -0.638. The Labute approximate surface area is 221 Å². The second-order valence-electron chi connectivity index (χ2n) is 11.7. The molecular formula is C29H34FN5O3. The maximum absolute atomic E-state index is 13.9. The summed E-state index contributed by atoms with van der Waals surface area (Å²) in [6.45, 7) is 7.30. The van der Waals surface area contributed by atoms with Gasteiger partial charge in [-0.2, -0.15) is 0 Å². The average molecular weight is 520 g/mol. The number of pyridine rings is 1. The number of fused-ring (bicyclic) bond motifs is 2. The highest BCUT2D eigenvalue weighted by Gasteiger charge is 2.44. The first-order chi connectivity index (χ1) is 18.1. The molecule has 3 aromatic rings. The molecule has 5 rings (SSSR count). The number of benzene rings is 1. The van der Waals surface area contributed by atoms with Crippen LogP contribution < -0.4 is 10.6 Å². The highest BCUT2D eigenvalue weighted by atomic mass is 19.1. The highest BCUT2D eigenvalue weighted by molar-refractivity contribution is 5.92. The zero-order valence-corrected chi connectivity index (χ0v) is 22.2. The van der Waals surface area contributed by atoms with Crippen LogP contribution in [0, 0.1) is 29.5 Å². The zero-order chi connectivity index (χ0) is 27.0. The van der Waals surface area contributed by atoms with Crippen LogP contribution in [0.25, 0.3) is 10.9 Å². The number of anilines is 2. The van der Waals surface area contributed by atoms with Gasteiger partial charge < -0.3 is 10.1 Å². The van der Waals surface area contributed by atoms with Crippen molar-refractivity contribution in [2.75, 3.05) is 10.6 Å². The van der Waals surface area contributed by atoms with E-state index in [1.54, 1.807) is 32.9 Å². The van der Waals surface area contributed by atoms with E-state index in [9.17, 15) is 14.0 Å². The van der Waals surface area contributed by atoms with Crippen LogP contribution in [0.3, 0.4) is 0 Å². The number of amides is 2. The van der Waals surface area contributed by atoms with Crippen molar-refractivity contribution in [2.45, 2.75) is 64.9 Å². The molecule has 1 aromatic carbocycles. The van der Waals surface area contributed by atoms with E-state index in [0.717, 1.165) is 36.6 Å². The molecule has 0 spiro atoms. The zero-order valence-electron chi connectivity index (χ0n) is 22.2. The summed E-state index contributed by atoms with van der Waals surface area (Å²) in [4.78, 5) is 37.5. The first kappa shape index (κ1) is 26.0. The number of rotatable bonds is 5. The first-order valence-electron chi connectivity index (χ1n) is 13.2. The molecule has 2 aliphatic carbocycles. The molecule has 2 aliphatic rings. The van der Waals surface area contributed by atoms with Crippen LogP contribution in [0.2, 0.25) is 0 Å².